The fourth-order valence-electron chi connectivity index (χ4n) is 3.33. The molecule has 1 N–H and O–H groups in total. The predicted molar refractivity (Wildman–Crippen MR) is 105 cm³/mol. The maximum Gasteiger partial charge on any atom is 0.303 e. The van der Waals surface area contributed by atoms with E-state index in [1.807, 2.05) is 29.2 Å². The van der Waals surface area contributed by atoms with Crippen molar-refractivity contribution in [3.63, 3.8) is 0 Å². The Labute approximate surface area is 166 Å². The van der Waals surface area contributed by atoms with E-state index in [0.29, 0.717) is 58.3 Å². The largest absolute Gasteiger partial charge is 0.497 e. The molecule has 2 amide bonds. The average Bonchev–Trinajstić information content (AvgIpc) is 2.96. The number of benzene rings is 1. The first-order valence-corrected chi connectivity index (χ1v) is 9.90. The van der Waals surface area contributed by atoms with E-state index in [1.165, 1.54) is 0 Å². The third kappa shape index (κ3) is 7.21. The Hall–Kier alpha value is -2.57. The monoisotopic (exact) mass is 390 g/mol. The van der Waals surface area contributed by atoms with Crippen LogP contribution in [0.4, 0.5) is 0 Å². The zero-order chi connectivity index (χ0) is 20.4. The molecule has 1 fully saturated rings. The Bertz CT molecular complexity index is 659. The number of hydrogen-bond donors (Lipinski definition) is 1. The molecular formula is C21H30N2O5. The number of rotatable bonds is 9. The van der Waals surface area contributed by atoms with Crippen LogP contribution in [-0.4, -0.2) is 66.0 Å². The van der Waals surface area contributed by atoms with Crippen LogP contribution in [0, 0.1) is 0 Å². The van der Waals surface area contributed by atoms with E-state index in [2.05, 4.69) is 0 Å². The molecule has 0 bridgehead atoms. The number of unbranched alkanes of at least 4 members (excludes halogenated alkanes) is 1. The summed E-state index contributed by atoms with van der Waals surface area (Å²) in [4.78, 5) is 39.0. The number of amides is 2. The fourth-order valence-corrected chi connectivity index (χ4v) is 3.33. The van der Waals surface area contributed by atoms with Gasteiger partial charge in [-0.1, -0.05) is 12.1 Å². The Morgan fingerprint density at radius 1 is 0.893 bits per heavy atom. The average molecular weight is 390 g/mol. The second-order valence-corrected chi connectivity index (χ2v) is 7.06. The number of aryl methyl sites for hydroxylation is 1. The summed E-state index contributed by atoms with van der Waals surface area (Å²) in [5.74, 6) is 0.144. The highest BCUT2D eigenvalue weighted by atomic mass is 16.5. The highest BCUT2D eigenvalue weighted by Gasteiger charge is 2.21. The molecule has 0 radical (unpaired) electrons. The van der Waals surface area contributed by atoms with E-state index in [-0.39, 0.29) is 18.2 Å². The van der Waals surface area contributed by atoms with Gasteiger partial charge >= 0.3 is 5.97 Å². The van der Waals surface area contributed by atoms with Crippen LogP contribution in [0.1, 0.15) is 44.1 Å². The normalized spacial score (nSPS) is 14.5. The maximum atomic E-state index is 12.5. The molecule has 1 aliphatic heterocycles. The Morgan fingerprint density at radius 3 is 2.04 bits per heavy atom. The number of ether oxygens (including phenoxy) is 1. The molecule has 0 aliphatic carbocycles. The van der Waals surface area contributed by atoms with Crippen molar-refractivity contribution in [1.29, 1.82) is 0 Å². The van der Waals surface area contributed by atoms with Gasteiger partial charge < -0.3 is 19.6 Å². The van der Waals surface area contributed by atoms with Crippen molar-refractivity contribution in [2.45, 2.75) is 44.9 Å². The van der Waals surface area contributed by atoms with Crippen molar-refractivity contribution in [2.75, 3.05) is 33.3 Å². The molecule has 7 heteroatoms. The van der Waals surface area contributed by atoms with E-state index in [1.54, 1.807) is 12.0 Å². The molecule has 7 nitrogen and oxygen atoms in total. The van der Waals surface area contributed by atoms with Crippen molar-refractivity contribution in [1.82, 2.24) is 9.80 Å². The molecule has 0 spiro atoms. The number of carbonyl (C=O) groups is 3. The van der Waals surface area contributed by atoms with Gasteiger partial charge in [0, 0.05) is 45.4 Å². The molecule has 28 heavy (non-hydrogen) atoms. The van der Waals surface area contributed by atoms with Gasteiger partial charge in [-0.25, -0.2) is 0 Å². The van der Waals surface area contributed by atoms with Gasteiger partial charge in [-0.05, 0) is 43.4 Å². The van der Waals surface area contributed by atoms with E-state index >= 15 is 0 Å². The number of carboxylic acid groups (broad SMARTS) is 1. The van der Waals surface area contributed by atoms with Crippen LogP contribution in [0.3, 0.4) is 0 Å². The lowest BCUT2D eigenvalue weighted by molar-refractivity contribution is -0.137. The molecule has 0 saturated carbocycles. The van der Waals surface area contributed by atoms with Gasteiger partial charge in [0.2, 0.25) is 11.8 Å². The van der Waals surface area contributed by atoms with Crippen molar-refractivity contribution < 1.29 is 24.2 Å². The second-order valence-electron chi connectivity index (χ2n) is 7.06. The summed E-state index contributed by atoms with van der Waals surface area (Å²) in [6.07, 6.45) is 3.50. The second kappa shape index (κ2) is 11.3. The minimum atomic E-state index is -0.828. The standard InChI is InChI=1S/C21H30N2O5/c1-28-18-10-7-17(8-11-18)9-12-20(25)23-14-4-13-22(15-16-23)19(24)5-2-3-6-21(26)27/h7-8,10-11H,2-6,9,12-16H2,1H3,(H,26,27). The van der Waals surface area contributed by atoms with Gasteiger partial charge in [0.1, 0.15) is 5.75 Å². The van der Waals surface area contributed by atoms with Crippen molar-refractivity contribution >= 4 is 17.8 Å². The third-order valence-corrected chi connectivity index (χ3v) is 5.02. The van der Waals surface area contributed by atoms with Crippen molar-refractivity contribution in [3.8, 4) is 5.75 Å². The molecule has 1 aliphatic rings. The lowest BCUT2D eigenvalue weighted by atomic mass is 10.1. The van der Waals surface area contributed by atoms with Gasteiger partial charge in [0.25, 0.3) is 0 Å². The molecule has 2 rings (SSSR count). The number of aliphatic carboxylic acids is 1. The number of carboxylic acids is 1. The van der Waals surface area contributed by atoms with Crippen LogP contribution in [0.15, 0.2) is 24.3 Å². The number of methoxy groups -OCH3 is 1. The lowest BCUT2D eigenvalue weighted by Crippen LogP contribution is -2.37. The highest BCUT2D eigenvalue weighted by molar-refractivity contribution is 5.78. The van der Waals surface area contributed by atoms with Gasteiger partial charge in [-0.3, -0.25) is 14.4 Å². The predicted octanol–water partition coefficient (Wildman–Crippen LogP) is 2.33. The first kappa shape index (κ1) is 21.7. The van der Waals surface area contributed by atoms with Gasteiger partial charge in [0.15, 0.2) is 0 Å². The van der Waals surface area contributed by atoms with Crippen LogP contribution in [0.5, 0.6) is 5.75 Å². The molecule has 1 saturated heterocycles. The Morgan fingerprint density at radius 2 is 1.46 bits per heavy atom. The summed E-state index contributed by atoms with van der Waals surface area (Å²) in [5, 5.41) is 8.65. The Balaban J connectivity index is 1.73. The van der Waals surface area contributed by atoms with Crippen molar-refractivity contribution in [2.24, 2.45) is 0 Å². The van der Waals surface area contributed by atoms with Crippen LogP contribution in [0.2, 0.25) is 0 Å². The molecule has 154 valence electrons. The van der Waals surface area contributed by atoms with E-state index in [4.69, 9.17) is 9.84 Å². The molecule has 1 aromatic rings. The fraction of sp³-hybridized carbons (Fsp3) is 0.571. The van der Waals surface area contributed by atoms with E-state index < -0.39 is 5.97 Å². The zero-order valence-electron chi connectivity index (χ0n) is 16.6. The minimum Gasteiger partial charge on any atom is -0.497 e. The lowest BCUT2D eigenvalue weighted by Gasteiger charge is -2.22. The molecule has 1 heterocycles. The summed E-state index contributed by atoms with van der Waals surface area (Å²) in [6.45, 7) is 2.43. The van der Waals surface area contributed by atoms with Crippen molar-refractivity contribution in [3.05, 3.63) is 29.8 Å². The highest BCUT2D eigenvalue weighted by Crippen LogP contribution is 2.14. The Kier molecular flexibility index (Phi) is 8.78. The van der Waals surface area contributed by atoms with E-state index in [0.717, 1.165) is 17.7 Å². The maximum absolute atomic E-state index is 12.5. The van der Waals surface area contributed by atoms with Crippen LogP contribution < -0.4 is 4.74 Å². The number of carbonyl (C=O) groups excluding carboxylic acids is 2. The molecule has 0 unspecified atom stereocenters. The quantitative estimate of drug-likeness (QED) is 0.654. The summed E-state index contributed by atoms with van der Waals surface area (Å²) in [7, 11) is 1.63. The summed E-state index contributed by atoms with van der Waals surface area (Å²) in [6, 6.07) is 7.73. The molecule has 1 aromatic carbocycles. The third-order valence-electron chi connectivity index (χ3n) is 5.02. The first-order valence-electron chi connectivity index (χ1n) is 9.90. The van der Waals surface area contributed by atoms with Crippen LogP contribution in [-0.2, 0) is 20.8 Å². The number of nitrogens with zero attached hydrogens (tertiary/aromatic N) is 2. The van der Waals surface area contributed by atoms with Gasteiger partial charge in [-0.15, -0.1) is 0 Å². The van der Waals surface area contributed by atoms with Gasteiger partial charge in [-0.2, -0.15) is 0 Å². The zero-order valence-corrected chi connectivity index (χ0v) is 16.6. The molecular weight excluding hydrogens is 360 g/mol. The molecule has 0 atom stereocenters. The van der Waals surface area contributed by atoms with Crippen LogP contribution in [0.25, 0.3) is 0 Å². The molecule has 0 aromatic heterocycles. The van der Waals surface area contributed by atoms with E-state index in [9.17, 15) is 14.4 Å². The first-order chi connectivity index (χ1) is 13.5. The summed E-state index contributed by atoms with van der Waals surface area (Å²) in [5.41, 5.74) is 1.10. The SMILES string of the molecule is COc1ccc(CCC(=O)N2CCCN(C(=O)CCCCC(=O)O)CC2)cc1. The smallest absolute Gasteiger partial charge is 0.303 e. The van der Waals surface area contributed by atoms with Crippen LogP contribution >= 0.6 is 0 Å². The summed E-state index contributed by atoms with van der Waals surface area (Å²) < 4.78 is 5.14. The summed E-state index contributed by atoms with van der Waals surface area (Å²) >= 11 is 0. The number of hydrogen-bond acceptors (Lipinski definition) is 4. The topological polar surface area (TPSA) is 87.2 Å². The van der Waals surface area contributed by atoms with Gasteiger partial charge in [0.05, 0.1) is 7.11 Å². The minimum absolute atomic E-state index is 0.0536.